The largest absolute Gasteiger partial charge is 0.307 e. The zero-order chi connectivity index (χ0) is 8.55. The summed E-state index contributed by atoms with van der Waals surface area (Å²) in [4.78, 5) is 4.49. The van der Waals surface area contributed by atoms with Crippen LogP contribution >= 0.6 is 22.6 Å². The van der Waals surface area contributed by atoms with Gasteiger partial charge in [-0.1, -0.05) is 28.7 Å². The van der Waals surface area contributed by atoms with Crippen LogP contribution in [-0.4, -0.2) is 9.38 Å². The molecule has 2 heterocycles. The fourth-order valence-corrected chi connectivity index (χ4v) is 1.64. The molecule has 2 aromatic heterocycles. The summed E-state index contributed by atoms with van der Waals surface area (Å²) in [5.74, 6) is 0. The Labute approximate surface area is 84.8 Å². The van der Waals surface area contributed by atoms with Gasteiger partial charge in [-0.3, -0.25) is 0 Å². The van der Waals surface area contributed by atoms with E-state index in [1.807, 2.05) is 12.3 Å². The molecule has 2 rings (SSSR count). The molecule has 0 aliphatic heterocycles. The number of halogens is 1. The van der Waals surface area contributed by atoms with E-state index in [9.17, 15) is 0 Å². The molecule has 0 atom stereocenters. The molecule has 0 saturated carbocycles. The number of aromatic nitrogens is 2. The Hall–Kier alpha value is -0.580. The van der Waals surface area contributed by atoms with Crippen LogP contribution in [0.15, 0.2) is 24.5 Å². The third-order valence-electron chi connectivity index (χ3n) is 1.86. The highest BCUT2D eigenvalue weighted by atomic mass is 127. The molecule has 0 saturated heterocycles. The maximum Gasteiger partial charge on any atom is 0.139 e. The molecule has 0 aliphatic carbocycles. The number of hydrogen-bond acceptors (Lipinski definition) is 1. The summed E-state index contributed by atoms with van der Waals surface area (Å²) in [6.45, 7) is 2.08. The summed E-state index contributed by atoms with van der Waals surface area (Å²) >= 11 is 2.32. The first-order valence-corrected chi connectivity index (χ1v) is 5.33. The molecule has 0 spiro atoms. The lowest BCUT2D eigenvalue weighted by molar-refractivity contribution is 1.16. The monoisotopic (exact) mass is 272 g/mol. The second-order valence-corrected chi connectivity index (χ2v) is 3.55. The number of alkyl halides is 1. The minimum Gasteiger partial charge on any atom is -0.307 e. The quantitative estimate of drug-likeness (QED) is 0.576. The molecule has 3 heteroatoms. The number of pyridine rings is 1. The lowest BCUT2D eigenvalue weighted by atomic mass is 10.3. The van der Waals surface area contributed by atoms with E-state index >= 15 is 0 Å². The second kappa shape index (κ2) is 3.05. The van der Waals surface area contributed by atoms with Gasteiger partial charge < -0.3 is 4.40 Å². The van der Waals surface area contributed by atoms with Crippen molar-refractivity contribution in [3.8, 4) is 0 Å². The van der Waals surface area contributed by atoms with Gasteiger partial charge in [-0.05, 0) is 18.6 Å². The van der Waals surface area contributed by atoms with Gasteiger partial charge in [0.15, 0.2) is 0 Å². The average molecular weight is 272 g/mol. The van der Waals surface area contributed by atoms with E-state index in [4.69, 9.17) is 0 Å². The van der Waals surface area contributed by atoms with Gasteiger partial charge >= 0.3 is 0 Å². The van der Waals surface area contributed by atoms with Crippen LogP contribution in [0.4, 0.5) is 0 Å². The van der Waals surface area contributed by atoms with E-state index in [2.05, 4.69) is 51.2 Å². The van der Waals surface area contributed by atoms with Gasteiger partial charge in [0.25, 0.3) is 0 Å². The van der Waals surface area contributed by atoms with Gasteiger partial charge in [0, 0.05) is 16.8 Å². The van der Waals surface area contributed by atoms with Crippen LogP contribution in [0.3, 0.4) is 0 Å². The van der Waals surface area contributed by atoms with Crippen molar-refractivity contribution in [1.29, 1.82) is 0 Å². The second-order valence-electron chi connectivity index (χ2n) is 2.79. The number of imidazole rings is 1. The molecule has 0 N–H and O–H groups in total. The predicted molar refractivity (Wildman–Crippen MR) is 57.7 cm³/mol. The fourth-order valence-electron chi connectivity index (χ4n) is 1.27. The Balaban J connectivity index is 2.74. The first kappa shape index (κ1) is 8.04. The zero-order valence-corrected chi connectivity index (χ0v) is 8.95. The Morgan fingerprint density at radius 3 is 3.08 bits per heavy atom. The van der Waals surface area contributed by atoms with Crippen molar-refractivity contribution < 1.29 is 0 Å². The SMILES string of the molecule is Cc1cccn2cc(CI)nc12. The highest BCUT2D eigenvalue weighted by molar-refractivity contribution is 14.1. The van der Waals surface area contributed by atoms with Gasteiger partial charge in [0.1, 0.15) is 5.65 Å². The third kappa shape index (κ3) is 1.22. The standard InChI is InChI=1S/C9H9IN2/c1-7-3-2-4-12-6-8(5-10)11-9(7)12/h2-4,6H,5H2,1H3. The lowest BCUT2D eigenvalue weighted by Gasteiger charge is -1.93. The van der Waals surface area contributed by atoms with Gasteiger partial charge in [-0.25, -0.2) is 4.98 Å². The van der Waals surface area contributed by atoms with Crippen molar-refractivity contribution >= 4 is 28.2 Å². The van der Waals surface area contributed by atoms with E-state index in [0.717, 1.165) is 15.8 Å². The Morgan fingerprint density at radius 2 is 2.42 bits per heavy atom. The molecule has 0 aliphatic rings. The highest BCUT2D eigenvalue weighted by Gasteiger charge is 2.00. The van der Waals surface area contributed by atoms with E-state index < -0.39 is 0 Å². The summed E-state index contributed by atoms with van der Waals surface area (Å²) in [5, 5.41) is 0. The van der Waals surface area contributed by atoms with Crippen molar-refractivity contribution in [3.05, 3.63) is 35.8 Å². The Morgan fingerprint density at radius 1 is 1.58 bits per heavy atom. The van der Waals surface area contributed by atoms with Gasteiger partial charge in [0.05, 0.1) is 5.69 Å². The van der Waals surface area contributed by atoms with Crippen LogP contribution in [0.2, 0.25) is 0 Å². The molecule has 0 amide bonds. The summed E-state index contributed by atoms with van der Waals surface area (Å²) in [5.41, 5.74) is 3.45. The van der Waals surface area contributed by atoms with Crippen LogP contribution in [0.1, 0.15) is 11.3 Å². The minimum atomic E-state index is 0.971. The maximum atomic E-state index is 4.49. The topological polar surface area (TPSA) is 17.3 Å². The van der Waals surface area contributed by atoms with Crippen LogP contribution in [0.25, 0.3) is 5.65 Å². The zero-order valence-electron chi connectivity index (χ0n) is 6.79. The Bertz CT molecular complexity index is 406. The number of fused-ring (bicyclic) bond motifs is 1. The fraction of sp³-hybridized carbons (Fsp3) is 0.222. The molecule has 0 aromatic carbocycles. The average Bonchev–Trinajstić information content (AvgIpc) is 2.49. The molecule has 0 bridgehead atoms. The van der Waals surface area contributed by atoms with E-state index in [0.29, 0.717) is 0 Å². The van der Waals surface area contributed by atoms with Crippen molar-refractivity contribution in [2.24, 2.45) is 0 Å². The molecule has 0 radical (unpaired) electrons. The van der Waals surface area contributed by atoms with Gasteiger partial charge in [-0.2, -0.15) is 0 Å². The molecule has 12 heavy (non-hydrogen) atoms. The van der Waals surface area contributed by atoms with Gasteiger partial charge in [-0.15, -0.1) is 0 Å². The smallest absolute Gasteiger partial charge is 0.139 e. The molecule has 0 fully saturated rings. The number of nitrogens with zero attached hydrogens (tertiary/aromatic N) is 2. The van der Waals surface area contributed by atoms with Crippen molar-refractivity contribution in [3.63, 3.8) is 0 Å². The normalized spacial score (nSPS) is 10.8. The summed E-state index contributed by atoms with van der Waals surface area (Å²) in [6.07, 6.45) is 4.11. The first-order chi connectivity index (χ1) is 5.81. The third-order valence-corrected chi connectivity index (χ3v) is 2.65. The van der Waals surface area contributed by atoms with Gasteiger partial charge in [0.2, 0.25) is 0 Å². The van der Waals surface area contributed by atoms with Crippen molar-refractivity contribution in [2.45, 2.75) is 11.4 Å². The van der Waals surface area contributed by atoms with Crippen molar-refractivity contribution in [2.75, 3.05) is 0 Å². The molecular formula is C9H9IN2. The summed E-state index contributed by atoms with van der Waals surface area (Å²) in [7, 11) is 0. The van der Waals surface area contributed by atoms with Crippen molar-refractivity contribution in [1.82, 2.24) is 9.38 Å². The molecule has 0 unspecified atom stereocenters. The first-order valence-electron chi connectivity index (χ1n) is 3.80. The van der Waals surface area contributed by atoms with E-state index in [-0.39, 0.29) is 0 Å². The van der Waals surface area contributed by atoms with E-state index in [1.165, 1.54) is 5.56 Å². The number of rotatable bonds is 1. The number of hydrogen-bond donors (Lipinski definition) is 0. The minimum absolute atomic E-state index is 0.971. The van der Waals surface area contributed by atoms with Crippen LogP contribution in [-0.2, 0) is 4.43 Å². The van der Waals surface area contributed by atoms with Crippen LogP contribution < -0.4 is 0 Å². The lowest BCUT2D eigenvalue weighted by Crippen LogP contribution is -1.83. The van der Waals surface area contributed by atoms with Crippen LogP contribution in [0, 0.1) is 6.92 Å². The molecule has 2 aromatic rings. The van der Waals surface area contributed by atoms with Crippen LogP contribution in [0.5, 0.6) is 0 Å². The molecule has 62 valence electrons. The summed E-state index contributed by atoms with van der Waals surface area (Å²) < 4.78 is 3.04. The maximum absolute atomic E-state index is 4.49. The molecule has 2 nitrogen and oxygen atoms in total. The van der Waals surface area contributed by atoms with E-state index in [1.54, 1.807) is 0 Å². The highest BCUT2D eigenvalue weighted by Crippen LogP contribution is 2.11. The molecular weight excluding hydrogens is 263 g/mol. The predicted octanol–water partition coefficient (Wildman–Crippen LogP) is 2.58. The Kier molecular flexibility index (Phi) is 2.04. The summed E-state index contributed by atoms with van der Waals surface area (Å²) in [6, 6.07) is 4.13. The number of aryl methyl sites for hydroxylation is 1.